The van der Waals surface area contributed by atoms with Gasteiger partial charge >= 0.3 is 0 Å². The van der Waals surface area contributed by atoms with Gasteiger partial charge in [0.1, 0.15) is 5.02 Å². The number of sulfone groups is 1. The maximum Gasteiger partial charge on any atom is 0.237 e. The first-order valence-corrected chi connectivity index (χ1v) is 8.29. The highest BCUT2D eigenvalue weighted by Crippen LogP contribution is 2.28. The summed E-state index contributed by atoms with van der Waals surface area (Å²) < 4.78 is 27.9. The topological polar surface area (TPSA) is 81.2 Å². The minimum Gasteiger partial charge on any atom is -0.480 e. The van der Waals surface area contributed by atoms with Crippen molar-refractivity contribution in [3.63, 3.8) is 0 Å². The molecule has 0 saturated carbocycles. The Hall–Kier alpha value is -1.57. The molecule has 0 radical (unpaired) electrons. The molecule has 0 unspecified atom stereocenters. The highest BCUT2D eigenvalue weighted by molar-refractivity contribution is 7.90. The molecule has 0 spiro atoms. The molecule has 2 rings (SSSR count). The molecule has 0 atom stereocenters. The van der Waals surface area contributed by atoms with E-state index in [1.165, 1.54) is 31.5 Å². The third-order valence-electron chi connectivity index (χ3n) is 2.52. The number of nitrogens with one attached hydrogen (secondary N) is 1. The molecular weight excluding hydrogens is 337 g/mol. The van der Waals surface area contributed by atoms with E-state index in [1.54, 1.807) is 0 Å². The van der Waals surface area contributed by atoms with Crippen LogP contribution < -0.4 is 10.1 Å². The van der Waals surface area contributed by atoms with Gasteiger partial charge < -0.3 is 10.1 Å². The molecule has 6 nitrogen and oxygen atoms in total. The number of aromatic nitrogens is 2. The normalized spacial score (nSPS) is 11.2. The zero-order valence-electron chi connectivity index (χ0n) is 11.1. The van der Waals surface area contributed by atoms with Crippen molar-refractivity contribution in [3.05, 3.63) is 34.4 Å². The fourth-order valence-corrected chi connectivity index (χ4v) is 2.61. The summed E-state index contributed by atoms with van der Waals surface area (Å²) in [5.74, 6) is 0.448. The minimum atomic E-state index is -3.31. The Labute approximate surface area is 132 Å². The highest BCUT2D eigenvalue weighted by Gasteiger charge is 2.12. The van der Waals surface area contributed by atoms with Gasteiger partial charge in [-0.25, -0.2) is 13.4 Å². The Morgan fingerprint density at radius 3 is 2.52 bits per heavy atom. The van der Waals surface area contributed by atoms with E-state index in [9.17, 15) is 8.42 Å². The molecule has 0 bridgehead atoms. The van der Waals surface area contributed by atoms with Crippen LogP contribution in [0.15, 0.2) is 29.3 Å². The van der Waals surface area contributed by atoms with Crippen LogP contribution >= 0.6 is 23.2 Å². The Balaban J connectivity index is 2.32. The molecule has 2 aromatic rings. The second kappa shape index (κ2) is 6.05. The number of anilines is 2. The van der Waals surface area contributed by atoms with Crippen molar-refractivity contribution in [2.24, 2.45) is 0 Å². The molecule has 0 saturated heterocycles. The van der Waals surface area contributed by atoms with Gasteiger partial charge in [0.15, 0.2) is 9.84 Å². The van der Waals surface area contributed by atoms with E-state index in [0.717, 1.165) is 6.26 Å². The van der Waals surface area contributed by atoms with Crippen molar-refractivity contribution in [2.45, 2.75) is 4.90 Å². The van der Waals surface area contributed by atoms with Gasteiger partial charge in [-0.1, -0.05) is 23.2 Å². The van der Waals surface area contributed by atoms with Gasteiger partial charge in [-0.15, -0.1) is 0 Å². The third kappa shape index (κ3) is 3.75. The second-order valence-electron chi connectivity index (χ2n) is 4.09. The molecule has 0 aliphatic carbocycles. The van der Waals surface area contributed by atoms with Gasteiger partial charge in [-0.3, -0.25) is 0 Å². The van der Waals surface area contributed by atoms with Crippen LogP contribution in [0, 0.1) is 0 Å². The molecule has 1 aromatic carbocycles. The monoisotopic (exact) mass is 347 g/mol. The molecule has 0 aliphatic heterocycles. The van der Waals surface area contributed by atoms with E-state index in [2.05, 4.69) is 15.3 Å². The summed E-state index contributed by atoms with van der Waals surface area (Å²) in [5.41, 5.74) is 0.466. The molecule has 1 heterocycles. The van der Waals surface area contributed by atoms with Crippen LogP contribution in [0.2, 0.25) is 10.0 Å². The Morgan fingerprint density at radius 1 is 1.24 bits per heavy atom. The van der Waals surface area contributed by atoms with Crippen LogP contribution in [0.3, 0.4) is 0 Å². The van der Waals surface area contributed by atoms with E-state index < -0.39 is 9.84 Å². The Bertz CT molecular complexity index is 781. The number of nitrogens with zero attached hydrogens (tertiary/aromatic N) is 2. The van der Waals surface area contributed by atoms with Crippen molar-refractivity contribution in [3.8, 4) is 5.88 Å². The van der Waals surface area contributed by atoms with Crippen LogP contribution in [0.25, 0.3) is 0 Å². The second-order valence-corrected chi connectivity index (χ2v) is 6.92. The summed E-state index contributed by atoms with van der Waals surface area (Å²) in [4.78, 5) is 8.16. The van der Waals surface area contributed by atoms with Crippen molar-refractivity contribution in [2.75, 3.05) is 18.7 Å². The van der Waals surface area contributed by atoms with E-state index in [4.69, 9.17) is 27.9 Å². The van der Waals surface area contributed by atoms with Crippen molar-refractivity contribution in [1.29, 1.82) is 0 Å². The molecule has 0 fully saturated rings. The van der Waals surface area contributed by atoms with Crippen LogP contribution in [0.1, 0.15) is 0 Å². The summed E-state index contributed by atoms with van der Waals surface area (Å²) in [6, 6.07) is 4.33. The highest BCUT2D eigenvalue weighted by atomic mass is 35.5. The summed E-state index contributed by atoms with van der Waals surface area (Å²) in [7, 11) is -1.88. The Morgan fingerprint density at radius 2 is 1.95 bits per heavy atom. The first kappa shape index (κ1) is 15.8. The quantitative estimate of drug-likeness (QED) is 0.915. The van der Waals surface area contributed by atoms with Crippen LogP contribution in [-0.2, 0) is 9.84 Å². The van der Waals surface area contributed by atoms with Gasteiger partial charge in [-0.2, -0.15) is 4.98 Å². The molecule has 0 amide bonds. The number of halogens is 2. The van der Waals surface area contributed by atoms with E-state index in [0.29, 0.717) is 5.69 Å². The van der Waals surface area contributed by atoms with Crippen molar-refractivity contribution in [1.82, 2.24) is 9.97 Å². The largest absolute Gasteiger partial charge is 0.480 e. The Kier molecular flexibility index (Phi) is 4.55. The molecule has 9 heteroatoms. The molecular formula is C12H11Cl2N3O3S. The number of hydrogen-bond donors (Lipinski definition) is 1. The fourth-order valence-electron chi connectivity index (χ4n) is 1.50. The van der Waals surface area contributed by atoms with Crippen LogP contribution in [0.4, 0.5) is 11.6 Å². The summed E-state index contributed by atoms with van der Waals surface area (Å²) >= 11 is 11.9. The average molecular weight is 348 g/mol. The molecule has 1 N–H and O–H groups in total. The standard InChI is InChI=1S/C12H11Cl2N3O3S/c1-20-11-9(14)6-15-12(17-11)16-10-4-3-7(5-8(10)13)21(2,18)19/h3-6H,1-2H3,(H,15,16,17). The van der Waals surface area contributed by atoms with Crippen molar-refractivity contribution >= 4 is 44.7 Å². The lowest BCUT2D eigenvalue weighted by molar-refractivity contribution is 0.398. The average Bonchev–Trinajstić information content (AvgIpc) is 2.42. The van der Waals surface area contributed by atoms with Gasteiger partial charge in [0.2, 0.25) is 11.8 Å². The molecule has 0 aliphatic rings. The SMILES string of the molecule is COc1nc(Nc2ccc(S(C)(=O)=O)cc2Cl)ncc1Cl. The van der Waals surface area contributed by atoms with Crippen molar-refractivity contribution < 1.29 is 13.2 Å². The van der Waals surface area contributed by atoms with E-state index in [-0.39, 0.29) is 26.8 Å². The number of methoxy groups -OCH3 is 1. The summed E-state index contributed by atoms with van der Waals surface area (Å²) in [6.07, 6.45) is 2.49. The minimum absolute atomic E-state index is 0.132. The predicted molar refractivity (Wildman–Crippen MR) is 81.4 cm³/mol. The van der Waals surface area contributed by atoms with Gasteiger partial charge in [0, 0.05) is 6.26 Å². The van der Waals surface area contributed by atoms with E-state index in [1.807, 2.05) is 0 Å². The summed E-state index contributed by atoms with van der Waals surface area (Å²) in [6.45, 7) is 0. The lowest BCUT2D eigenvalue weighted by atomic mass is 10.3. The van der Waals surface area contributed by atoms with Gasteiger partial charge in [0.05, 0.1) is 28.9 Å². The zero-order chi connectivity index (χ0) is 15.6. The number of rotatable bonds is 4. The first-order chi connectivity index (χ1) is 9.81. The first-order valence-electron chi connectivity index (χ1n) is 5.64. The smallest absolute Gasteiger partial charge is 0.237 e. The van der Waals surface area contributed by atoms with E-state index >= 15 is 0 Å². The van der Waals surface area contributed by atoms with Gasteiger partial charge in [0.25, 0.3) is 0 Å². The van der Waals surface area contributed by atoms with Gasteiger partial charge in [-0.05, 0) is 18.2 Å². The lowest BCUT2D eigenvalue weighted by Gasteiger charge is -2.09. The van der Waals surface area contributed by atoms with Crippen LogP contribution in [-0.4, -0.2) is 31.8 Å². The lowest BCUT2D eigenvalue weighted by Crippen LogP contribution is -2.01. The zero-order valence-corrected chi connectivity index (χ0v) is 13.4. The number of ether oxygens (including phenoxy) is 1. The number of hydrogen-bond acceptors (Lipinski definition) is 6. The molecule has 21 heavy (non-hydrogen) atoms. The third-order valence-corrected chi connectivity index (χ3v) is 4.20. The fraction of sp³-hybridized carbons (Fsp3) is 0.167. The predicted octanol–water partition coefficient (Wildman–Crippen LogP) is 2.94. The molecule has 1 aromatic heterocycles. The number of benzene rings is 1. The van der Waals surface area contributed by atoms with Crippen LogP contribution in [0.5, 0.6) is 5.88 Å². The summed E-state index contributed by atoms with van der Waals surface area (Å²) in [5, 5.41) is 3.38. The molecule has 112 valence electrons. The maximum absolute atomic E-state index is 11.4. The maximum atomic E-state index is 11.4.